The van der Waals surface area contributed by atoms with Gasteiger partial charge in [-0.3, -0.25) is 4.98 Å². The van der Waals surface area contributed by atoms with Gasteiger partial charge < -0.3 is 0 Å². The third kappa shape index (κ3) is 1.57. The van der Waals surface area contributed by atoms with Crippen molar-refractivity contribution in [1.29, 1.82) is 0 Å². The van der Waals surface area contributed by atoms with Gasteiger partial charge >= 0.3 is 0 Å². The minimum Gasteiger partial charge on any atom is -0.252 e. The second-order valence-corrected chi connectivity index (χ2v) is 4.17. The fraction of sp³-hybridized carbons (Fsp3) is 0. The van der Waals surface area contributed by atoms with Gasteiger partial charge in [-0.15, -0.1) is 11.3 Å². The molecule has 0 aliphatic rings. The van der Waals surface area contributed by atoms with Gasteiger partial charge in [0.25, 0.3) is 0 Å². The lowest BCUT2D eigenvalue weighted by atomic mass is 10.2. The Bertz CT molecular complexity index is 353. The lowest BCUT2D eigenvalue weighted by molar-refractivity contribution is 1.42. The number of rotatable bonds is 1. The predicted molar refractivity (Wildman–Crippen MR) is 55.3 cm³/mol. The summed E-state index contributed by atoms with van der Waals surface area (Å²) in [6.07, 6.45) is 1.88. The molecule has 0 amide bonds. The Labute approximate surface area is 83.2 Å². The molecule has 0 fully saturated rings. The molecule has 2 aromatic rings. The van der Waals surface area contributed by atoms with Crippen molar-refractivity contribution in [3.05, 3.63) is 40.4 Å². The van der Waals surface area contributed by atoms with Gasteiger partial charge in [0.15, 0.2) is 0 Å². The quantitative estimate of drug-likeness (QED) is 0.742. The fourth-order valence-corrected chi connectivity index (χ4v) is 1.87. The second-order valence-electron chi connectivity index (χ2n) is 2.37. The summed E-state index contributed by atoms with van der Waals surface area (Å²) in [5.41, 5.74) is 3.07. The predicted octanol–water partition coefficient (Wildman–Crippen LogP) is 3.57. The molecule has 2 rings (SSSR count). The highest BCUT2D eigenvalue weighted by atomic mass is 79.9. The molecule has 0 N–H and O–H groups in total. The monoisotopic (exact) mass is 239 g/mol. The highest BCUT2D eigenvalue weighted by Gasteiger charge is 1.97. The molecule has 1 aromatic carbocycles. The fourth-order valence-electron chi connectivity index (χ4n) is 0.972. The Morgan fingerprint density at radius 1 is 1.17 bits per heavy atom. The van der Waals surface area contributed by atoms with E-state index in [0.29, 0.717) is 0 Å². The molecule has 12 heavy (non-hydrogen) atoms. The zero-order valence-electron chi connectivity index (χ0n) is 6.20. The average Bonchev–Trinajstić information content (AvgIpc) is 2.58. The first-order valence-corrected chi connectivity index (χ1v) is 5.18. The minimum atomic E-state index is 1.11. The molecule has 0 atom stereocenters. The number of thiazole rings is 1. The van der Waals surface area contributed by atoms with E-state index in [4.69, 9.17) is 0 Å². The Morgan fingerprint density at radius 2 is 1.92 bits per heavy atom. The van der Waals surface area contributed by atoms with Gasteiger partial charge in [-0.2, -0.15) is 0 Å². The average molecular weight is 240 g/mol. The number of aromatic nitrogens is 1. The van der Waals surface area contributed by atoms with Crippen LogP contribution < -0.4 is 0 Å². The molecule has 0 aliphatic carbocycles. The highest BCUT2D eigenvalue weighted by Crippen LogP contribution is 2.24. The molecule has 0 radical (unpaired) electrons. The molecule has 0 saturated heterocycles. The topological polar surface area (TPSA) is 12.9 Å². The van der Waals surface area contributed by atoms with Crippen molar-refractivity contribution < 1.29 is 0 Å². The van der Waals surface area contributed by atoms with Crippen LogP contribution in [0.2, 0.25) is 0 Å². The first kappa shape index (κ1) is 7.95. The van der Waals surface area contributed by atoms with Crippen molar-refractivity contribution in [1.82, 2.24) is 4.98 Å². The van der Waals surface area contributed by atoms with Crippen LogP contribution in [0.3, 0.4) is 0 Å². The molecular formula is C9H6BrNS. The molecule has 0 unspecified atom stereocenters. The van der Waals surface area contributed by atoms with Crippen LogP contribution in [0.4, 0.5) is 0 Å². The van der Waals surface area contributed by atoms with Crippen LogP contribution in [0.15, 0.2) is 40.4 Å². The largest absolute Gasteiger partial charge is 0.252 e. The van der Waals surface area contributed by atoms with Crippen LogP contribution in [-0.4, -0.2) is 4.98 Å². The molecule has 1 nitrogen and oxygen atoms in total. The van der Waals surface area contributed by atoms with Crippen molar-refractivity contribution in [3.63, 3.8) is 0 Å². The minimum absolute atomic E-state index is 1.11. The molecule has 1 heterocycles. The summed E-state index contributed by atoms with van der Waals surface area (Å²) in [6, 6.07) is 8.24. The van der Waals surface area contributed by atoms with Crippen LogP contribution >= 0.6 is 27.3 Å². The summed E-state index contributed by atoms with van der Waals surface area (Å²) in [7, 11) is 0. The van der Waals surface area contributed by atoms with E-state index in [-0.39, 0.29) is 0 Å². The Morgan fingerprint density at radius 3 is 2.50 bits per heavy atom. The summed E-state index contributed by atoms with van der Waals surface area (Å²) in [6.45, 7) is 0. The van der Waals surface area contributed by atoms with Crippen molar-refractivity contribution in [2.75, 3.05) is 0 Å². The number of benzene rings is 1. The van der Waals surface area contributed by atoms with Gasteiger partial charge in [0.2, 0.25) is 0 Å². The third-order valence-electron chi connectivity index (χ3n) is 1.56. The lowest BCUT2D eigenvalue weighted by Crippen LogP contribution is -1.70. The molecule has 0 aliphatic heterocycles. The van der Waals surface area contributed by atoms with Gasteiger partial charge in [-0.25, -0.2) is 0 Å². The highest BCUT2D eigenvalue weighted by molar-refractivity contribution is 9.10. The van der Waals surface area contributed by atoms with E-state index in [1.807, 2.05) is 23.8 Å². The number of hydrogen-bond donors (Lipinski definition) is 0. The maximum absolute atomic E-state index is 4.03. The van der Waals surface area contributed by atoms with E-state index in [0.717, 1.165) is 4.47 Å². The normalized spacial score (nSPS) is 10.1. The van der Waals surface area contributed by atoms with Crippen LogP contribution in [0, 0.1) is 0 Å². The standard InChI is InChI=1S/C9H6BrNS/c10-8-3-1-7(2-4-8)9-5-11-6-12-9/h1-6H. The van der Waals surface area contributed by atoms with Gasteiger partial charge in [-0.1, -0.05) is 28.1 Å². The summed E-state index contributed by atoms with van der Waals surface area (Å²) in [5, 5.41) is 0. The first-order valence-electron chi connectivity index (χ1n) is 3.51. The van der Waals surface area contributed by atoms with Crippen molar-refractivity contribution in [2.45, 2.75) is 0 Å². The van der Waals surface area contributed by atoms with E-state index in [1.165, 1.54) is 10.4 Å². The van der Waals surface area contributed by atoms with Gasteiger partial charge in [0, 0.05) is 10.7 Å². The number of nitrogens with zero attached hydrogens (tertiary/aromatic N) is 1. The Balaban J connectivity index is 2.43. The maximum Gasteiger partial charge on any atom is 0.0797 e. The Kier molecular flexibility index (Phi) is 2.23. The molecule has 0 bridgehead atoms. The van der Waals surface area contributed by atoms with Crippen molar-refractivity contribution in [3.8, 4) is 10.4 Å². The van der Waals surface area contributed by atoms with Gasteiger partial charge in [0.1, 0.15) is 0 Å². The zero-order valence-corrected chi connectivity index (χ0v) is 8.60. The molecule has 0 spiro atoms. The van der Waals surface area contributed by atoms with Crippen LogP contribution in [-0.2, 0) is 0 Å². The van der Waals surface area contributed by atoms with E-state index in [1.54, 1.807) is 11.3 Å². The number of halogens is 1. The van der Waals surface area contributed by atoms with Crippen molar-refractivity contribution in [2.24, 2.45) is 0 Å². The van der Waals surface area contributed by atoms with E-state index in [9.17, 15) is 0 Å². The molecule has 60 valence electrons. The van der Waals surface area contributed by atoms with Crippen LogP contribution in [0.5, 0.6) is 0 Å². The summed E-state index contributed by atoms with van der Waals surface area (Å²) >= 11 is 5.05. The summed E-state index contributed by atoms with van der Waals surface area (Å²) in [4.78, 5) is 5.24. The Hall–Kier alpha value is -0.670. The molecule has 0 saturated carbocycles. The number of hydrogen-bond acceptors (Lipinski definition) is 2. The molecular weight excluding hydrogens is 234 g/mol. The lowest BCUT2D eigenvalue weighted by Gasteiger charge is -1.95. The molecule has 3 heteroatoms. The van der Waals surface area contributed by atoms with E-state index >= 15 is 0 Å². The van der Waals surface area contributed by atoms with E-state index in [2.05, 4.69) is 33.0 Å². The van der Waals surface area contributed by atoms with Crippen LogP contribution in [0.1, 0.15) is 0 Å². The van der Waals surface area contributed by atoms with Crippen molar-refractivity contribution >= 4 is 27.3 Å². The smallest absolute Gasteiger partial charge is 0.0797 e. The van der Waals surface area contributed by atoms with Gasteiger partial charge in [0.05, 0.1) is 10.4 Å². The third-order valence-corrected chi connectivity index (χ3v) is 2.91. The zero-order chi connectivity index (χ0) is 8.39. The first-order chi connectivity index (χ1) is 5.86. The maximum atomic E-state index is 4.03. The summed E-state index contributed by atoms with van der Waals surface area (Å²) in [5.74, 6) is 0. The van der Waals surface area contributed by atoms with Crippen LogP contribution in [0.25, 0.3) is 10.4 Å². The van der Waals surface area contributed by atoms with Gasteiger partial charge in [-0.05, 0) is 17.7 Å². The SMILES string of the molecule is Brc1ccc(-c2cncs2)cc1. The summed E-state index contributed by atoms with van der Waals surface area (Å²) < 4.78 is 1.11. The molecule has 1 aromatic heterocycles. The van der Waals surface area contributed by atoms with E-state index < -0.39 is 0 Å². The second kappa shape index (κ2) is 3.37.